The van der Waals surface area contributed by atoms with Gasteiger partial charge in [-0.3, -0.25) is 19.3 Å². The molecule has 3 amide bonds. The lowest BCUT2D eigenvalue weighted by Crippen LogP contribution is -2.62. The van der Waals surface area contributed by atoms with Gasteiger partial charge in [0.05, 0.1) is 23.6 Å². The van der Waals surface area contributed by atoms with E-state index in [4.69, 9.17) is 0 Å². The van der Waals surface area contributed by atoms with Crippen molar-refractivity contribution >= 4 is 29.3 Å². The molecule has 2 saturated heterocycles. The molecular weight excluding hydrogens is 340 g/mol. The fraction of sp³-hybridized carbons (Fsp3) is 0.588. The molecule has 25 heavy (non-hydrogen) atoms. The van der Waals surface area contributed by atoms with Crippen LogP contribution in [0, 0.1) is 11.8 Å². The van der Waals surface area contributed by atoms with Crippen LogP contribution in [0.1, 0.15) is 41.6 Å². The van der Waals surface area contributed by atoms with Crippen molar-refractivity contribution in [2.45, 2.75) is 38.6 Å². The van der Waals surface area contributed by atoms with Crippen LogP contribution < -0.4 is 0 Å². The van der Waals surface area contributed by atoms with Gasteiger partial charge in [-0.2, -0.15) is 0 Å². The Morgan fingerprint density at radius 2 is 1.84 bits per heavy atom. The van der Waals surface area contributed by atoms with Crippen LogP contribution in [0.2, 0.25) is 0 Å². The number of rotatable bonds is 4. The molecule has 1 aliphatic carbocycles. The van der Waals surface area contributed by atoms with Gasteiger partial charge in [0.1, 0.15) is 4.88 Å². The number of likely N-dealkylation sites (tertiary alicyclic amines) is 2. The van der Waals surface area contributed by atoms with Crippen LogP contribution in [0.15, 0.2) is 12.2 Å². The number of imide groups is 1. The molecule has 0 spiro atoms. The molecule has 2 fully saturated rings. The Bertz CT molecular complexity index is 727. The molecule has 2 aliphatic heterocycles. The van der Waals surface area contributed by atoms with Crippen molar-refractivity contribution in [3.63, 3.8) is 0 Å². The lowest BCUT2D eigenvalue weighted by molar-refractivity contribution is -0.145. The van der Waals surface area contributed by atoms with Crippen molar-refractivity contribution in [3.8, 4) is 0 Å². The molecule has 4 rings (SSSR count). The summed E-state index contributed by atoms with van der Waals surface area (Å²) in [6.07, 6.45) is 6.90. The Balaban J connectivity index is 1.42. The van der Waals surface area contributed by atoms with Crippen LogP contribution in [0.4, 0.5) is 0 Å². The summed E-state index contributed by atoms with van der Waals surface area (Å²) in [5, 5.41) is 4.03. The molecule has 132 valence electrons. The molecule has 0 bridgehead atoms. The van der Waals surface area contributed by atoms with E-state index in [1.165, 1.54) is 4.90 Å². The second-order valence-electron chi connectivity index (χ2n) is 6.86. The van der Waals surface area contributed by atoms with E-state index in [0.29, 0.717) is 30.8 Å². The van der Waals surface area contributed by atoms with Gasteiger partial charge in [0.25, 0.3) is 5.91 Å². The van der Waals surface area contributed by atoms with E-state index in [-0.39, 0.29) is 35.6 Å². The van der Waals surface area contributed by atoms with Gasteiger partial charge < -0.3 is 4.90 Å². The minimum Gasteiger partial charge on any atom is -0.334 e. The van der Waals surface area contributed by atoms with Gasteiger partial charge in [-0.25, -0.2) is 0 Å². The van der Waals surface area contributed by atoms with Gasteiger partial charge in [0.15, 0.2) is 0 Å². The molecule has 0 radical (unpaired) electrons. The number of carbonyl (C=O) groups excluding carboxylic acids is 3. The Kier molecular flexibility index (Phi) is 4.15. The molecule has 2 atom stereocenters. The number of fused-ring (bicyclic) bond motifs is 1. The van der Waals surface area contributed by atoms with Crippen LogP contribution in [0.5, 0.6) is 0 Å². The third kappa shape index (κ3) is 2.59. The highest BCUT2D eigenvalue weighted by atomic mass is 32.1. The number of carbonyl (C=O) groups is 3. The maximum Gasteiger partial charge on any atom is 0.267 e. The zero-order valence-corrected chi connectivity index (χ0v) is 14.9. The van der Waals surface area contributed by atoms with E-state index < -0.39 is 0 Å². The highest BCUT2D eigenvalue weighted by Gasteiger charge is 2.52. The maximum atomic E-state index is 12.6. The Labute approximate surface area is 149 Å². The lowest BCUT2D eigenvalue weighted by atomic mass is 9.85. The van der Waals surface area contributed by atoms with Gasteiger partial charge >= 0.3 is 0 Å². The number of hydrogen-bond acceptors (Lipinski definition) is 6. The van der Waals surface area contributed by atoms with Gasteiger partial charge in [-0.15, -0.1) is 5.10 Å². The summed E-state index contributed by atoms with van der Waals surface area (Å²) >= 11 is 1.12. The summed E-state index contributed by atoms with van der Waals surface area (Å²) < 4.78 is 3.89. The predicted molar refractivity (Wildman–Crippen MR) is 90.8 cm³/mol. The smallest absolute Gasteiger partial charge is 0.267 e. The van der Waals surface area contributed by atoms with E-state index in [0.717, 1.165) is 30.1 Å². The Morgan fingerprint density at radius 3 is 2.44 bits per heavy atom. The van der Waals surface area contributed by atoms with Gasteiger partial charge in [0.2, 0.25) is 11.8 Å². The Hall–Kier alpha value is -2.09. The van der Waals surface area contributed by atoms with E-state index in [9.17, 15) is 14.4 Å². The summed E-state index contributed by atoms with van der Waals surface area (Å²) in [6, 6.07) is -0.190. The molecule has 8 heteroatoms. The number of aromatic nitrogens is 2. The molecule has 0 N–H and O–H groups in total. The lowest BCUT2D eigenvalue weighted by Gasteiger charge is -2.43. The second kappa shape index (κ2) is 6.33. The number of amides is 3. The molecule has 3 aliphatic rings. The van der Waals surface area contributed by atoms with Crippen molar-refractivity contribution in [1.29, 1.82) is 0 Å². The van der Waals surface area contributed by atoms with E-state index in [2.05, 4.69) is 9.59 Å². The van der Waals surface area contributed by atoms with Crippen molar-refractivity contribution in [1.82, 2.24) is 19.4 Å². The van der Waals surface area contributed by atoms with Crippen molar-refractivity contribution in [2.75, 3.05) is 13.1 Å². The SMILES string of the molecule is CCCc1nnsc1C(=O)N1CC(N2C(=O)C3CC=CCC3C2=O)C1. The van der Waals surface area contributed by atoms with E-state index >= 15 is 0 Å². The van der Waals surface area contributed by atoms with E-state index in [1.807, 2.05) is 19.1 Å². The normalized spacial score (nSPS) is 26.1. The minimum atomic E-state index is -0.205. The summed E-state index contributed by atoms with van der Waals surface area (Å²) in [7, 11) is 0. The number of nitrogens with zero attached hydrogens (tertiary/aromatic N) is 4. The largest absolute Gasteiger partial charge is 0.334 e. The average molecular weight is 360 g/mol. The number of allylic oxidation sites excluding steroid dienone is 2. The first-order chi connectivity index (χ1) is 12.1. The molecule has 7 nitrogen and oxygen atoms in total. The zero-order chi connectivity index (χ0) is 17.6. The topological polar surface area (TPSA) is 83.5 Å². The van der Waals surface area contributed by atoms with Crippen LogP contribution in [-0.2, 0) is 16.0 Å². The first-order valence-corrected chi connectivity index (χ1v) is 9.51. The summed E-state index contributed by atoms with van der Waals surface area (Å²) in [5.41, 5.74) is 0.742. The first kappa shape index (κ1) is 16.4. The zero-order valence-electron chi connectivity index (χ0n) is 14.1. The molecule has 2 unspecified atom stereocenters. The van der Waals surface area contributed by atoms with Gasteiger partial charge in [0, 0.05) is 13.1 Å². The average Bonchev–Trinajstić information content (AvgIpc) is 3.13. The summed E-state index contributed by atoms with van der Waals surface area (Å²) in [5.74, 6) is -0.633. The van der Waals surface area contributed by atoms with Gasteiger partial charge in [-0.05, 0) is 30.8 Å². The number of aryl methyl sites for hydroxylation is 1. The highest BCUT2D eigenvalue weighted by Crippen LogP contribution is 2.37. The highest BCUT2D eigenvalue weighted by molar-refractivity contribution is 7.08. The molecule has 0 saturated carbocycles. The second-order valence-corrected chi connectivity index (χ2v) is 7.62. The van der Waals surface area contributed by atoms with Crippen LogP contribution >= 0.6 is 11.5 Å². The Morgan fingerprint density at radius 1 is 1.20 bits per heavy atom. The standard InChI is InChI=1S/C17H20N4O3S/c1-2-5-13-14(25-19-18-13)17(24)20-8-10(9-20)21-15(22)11-6-3-4-7-12(11)16(21)23/h3-4,10-12H,2,5-9H2,1H3. The molecule has 3 heterocycles. The molecule has 1 aromatic rings. The van der Waals surface area contributed by atoms with Crippen LogP contribution in [-0.4, -0.2) is 56.2 Å². The van der Waals surface area contributed by atoms with Crippen LogP contribution in [0.3, 0.4) is 0 Å². The monoisotopic (exact) mass is 360 g/mol. The number of hydrogen-bond donors (Lipinski definition) is 0. The van der Waals surface area contributed by atoms with Crippen molar-refractivity contribution < 1.29 is 14.4 Å². The van der Waals surface area contributed by atoms with Crippen LogP contribution in [0.25, 0.3) is 0 Å². The third-order valence-electron chi connectivity index (χ3n) is 5.29. The minimum absolute atomic E-state index is 0.0671. The summed E-state index contributed by atoms with van der Waals surface area (Å²) in [6.45, 7) is 2.85. The molecule has 1 aromatic heterocycles. The van der Waals surface area contributed by atoms with Gasteiger partial charge in [-0.1, -0.05) is 30.0 Å². The quantitative estimate of drug-likeness (QED) is 0.596. The maximum absolute atomic E-state index is 12.6. The van der Waals surface area contributed by atoms with Crippen molar-refractivity contribution in [3.05, 3.63) is 22.7 Å². The van der Waals surface area contributed by atoms with E-state index in [1.54, 1.807) is 4.90 Å². The first-order valence-electron chi connectivity index (χ1n) is 8.74. The third-order valence-corrected chi connectivity index (χ3v) is 6.05. The summed E-state index contributed by atoms with van der Waals surface area (Å²) in [4.78, 5) is 41.5. The van der Waals surface area contributed by atoms with Crippen molar-refractivity contribution in [2.24, 2.45) is 11.8 Å². The predicted octanol–water partition coefficient (Wildman–Crippen LogP) is 1.27. The fourth-order valence-corrected chi connectivity index (χ4v) is 4.56. The molecule has 0 aromatic carbocycles. The molecular formula is C17H20N4O3S. The fourth-order valence-electron chi connectivity index (χ4n) is 3.89.